The van der Waals surface area contributed by atoms with E-state index in [1.807, 2.05) is 30.3 Å². The van der Waals surface area contributed by atoms with Gasteiger partial charge in [0.05, 0.1) is 0 Å². The summed E-state index contributed by atoms with van der Waals surface area (Å²) < 4.78 is 33.8. The molecule has 0 saturated heterocycles. The molecule has 0 aromatic heterocycles. The summed E-state index contributed by atoms with van der Waals surface area (Å²) in [6.45, 7) is 5.35. The summed E-state index contributed by atoms with van der Waals surface area (Å²) in [7, 11) is 0. The molecule has 0 spiro atoms. The molecule has 2 rings (SSSR count). The molecule has 7 nitrogen and oxygen atoms in total. The molecule has 8 heteroatoms. The van der Waals surface area contributed by atoms with E-state index in [-0.39, 0.29) is 15.8 Å². The van der Waals surface area contributed by atoms with E-state index in [0.717, 1.165) is 23.9 Å². The van der Waals surface area contributed by atoms with Gasteiger partial charge in [0.15, 0.2) is 0 Å². The number of carbonyl (C=O) groups excluding carboxylic acids is 1. The van der Waals surface area contributed by atoms with Crippen LogP contribution in [0.3, 0.4) is 0 Å². The average molecular weight is 409 g/mol. The fourth-order valence-electron chi connectivity index (χ4n) is 1.67. The van der Waals surface area contributed by atoms with Crippen LogP contribution in [0.25, 0.3) is 0 Å². The van der Waals surface area contributed by atoms with Gasteiger partial charge in [0.2, 0.25) is 0 Å². The molecule has 0 radical (unpaired) electrons. The second kappa shape index (κ2) is 9.73. The number of rotatable bonds is 5. The van der Waals surface area contributed by atoms with Crippen molar-refractivity contribution in [3.05, 3.63) is 61.2 Å². The first-order valence-corrected chi connectivity index (χ1v) is 10.6. The zero-order valence-electron chi connectivity index (χ0n) is 13.6. The van der Waals surface area contributed by atoms with Crippen molar-refractivity contribution >= 4 is 30.1 Å². The number of phenols is 1. The number of ether oxygens (including phenoxy) is 1. The van der Waals surface area contributed by atoms with E-state index >= 15 is 0 Å². The first kappa shape index (κ1) is 20.6. The molecule has 0 heterocycles. The van der Waals surface area contributed by atoms with E-state index in [1.165, 1.54) is 6.92 Å². The number of aromatic hydroxyl groups is 1. The Morgan fingerprint density at radius 3 is 2.40 bits per heavy atom. The first-order chi connectivity index (χ1) is 11.7. The van der Waals surface area contributed by atoms with Gasteiger partial charge in [-0.15, -0.1) is 0 Å². The van der Waals surface area contributed by atoms with Crippen LogP contribution in [0.2, 0.25) is 0 Å². The molecule has 0 aliphatic heterocycles. The van der Waals surface area contributed by atoms with Crippen LogP contribution in [-0.4, -0.2) is 40.0 Å². The molecule has 0 bridgehead atoms. The predicted molar refractivity (Wildman–Crippen MR) is 95.1 cm³/mol. The normalized spacial score (nSPS) is 10.2. The van der Waals surface area contributed by atoms with Crippen LogP contribution < -0.4 is 14.4 Å². The number of amides is 1. The molecule has 25 heavy (non-hydrogen) atoms. The Hall–Kier alpha value is -2.47. The maximum absolute atomic E-state index is 10.9. The third kappa shape index (κ3) is 7.76. The van der Waals surface area contributed by atoms with E-state index in [9.17, 15) is 13.6 Å². The van der Waals surface area contributed by atoms with Crippen molar-refractivity contribution in [2.75, 3.05) is 11.9 Å². The Labute approximate surface area is 148 Å². The van der Waals surface area contributed by atoms with E-state index in [0.29, 0.717) is 6.61 Å². The van der Waals surface area contributed by atoms with Gasteiger partial charge in [-0.25, -0.2) is 0 Å². The molecule has 0 atom stereocenters. The summed E-state index contributed by atoms with van der Waals surface area (Å²) >= 11 is -4.98. The van der Waals surface area contributed by atoms with E-state index in [4.69, 9.17) is 12.9 Å². The van der Waals surface area contributed by atoms with Crippen molar-refractivity contribution < 1.29 is 26.6 Å². The van der Waals surface area contributed by atoms with Crippen LogP contribution in [0.1, 0.15) is 6.92 Å². The topological polar surface area (TPSA) is 116 Å². The van der Waals surface area contributed by atoms with Crippen LogP contribution in [0.5, 0.6) is 11.5 Å². The van der Waals surface area contributed by atoms with Gasteiger partial charge in [0.1, 0.15) is 12.4 Å². The van der Waals surface area contributed by atoms with E-state index in [2.05, 4.69) is 11.9 Å². The van der Waals surface area contributed by atoms with Gasteiger partial charge in [-0.05, 0) is 12.1 Å². The minimum absolute atomic E-state index is 0.00951. The number of benzene rings is 2. The zero-order chi connectivity index (χ0) is 18.9. The molecule has 4 N–H and O–H groups in total. The molecular weight excluding hydrogens is 389 g/mol. The standard InChI is InChI=1S/C9H10O.C8H10AsNO5/c1-2-8-10-9-6-4-3-5-7-9;1-5(11)10-7-4-6(9(13,14)15)2-3-8(7)12/h2-7H,1,8H2;2-4,12H,1H3,(H,10,11)(H2,13,14,15). The summed E-state index contributed by atoms with van der Waals surface area (Å²) in [5.74, 6) is 0.223. The maximum atomic E-state index is 10.9. The van der Waals surface area contributed by atoms with E-state index in [1.54, 1.807) is 6.08 Å². The van der Waals surface area contributed by atoms with Gasteiger partial charge < -0.3 is 4.74 Å². The van der Waals surface area contributed by atoms with Gasteiger partial charge in [-0.3, -0.25) is 0 Å². The van der Waals surface area contributed by atoms with Crippen molar-refractivity contribution in [1.82, 2.24) is 0 Å². The molecule has 0 saturated carbocycles. The molecule has 0 aliphatic rings. The third-order valence-corrected chi connectivity index (χ3v) is 4.73. The SMILES string of the molecule is C=CCOc1ccccc1.CC(=O)Nc1cc([As](=O)(O)O)ccc1O. The molecule has 134 valence electrons. The zero-order valence-corrected chi connectivity index (χ0v) is 15.5. The molecule has 0 aliphatic carbocycles. The van der Waals surface area contributed by atoms with Gasteiger partial charge in [-0.1, -0.05) is 30.9 Å². The Balaban J connectivity index is 0.000000271. The van der Waals surface area contributed by atoms with Gasteiger partial charge >= 0.3 is 88.1 Å². The number of carbonyl (C=O) groups is 1. The Bertz CT molecular complexity index is 757. The quantitative estimate of drug-likeness (QED) is 0.335. The van der Waals surface area contributed by atoms with Crippen LogP contribution in [0.4, 0.5) is 5.69 Å². The van der Waals surface area contributed by atoms with Gasteiger partial charge in [0, 0.05) is 0 Å². The Kier molecular flexibility index (Phi) is 8.01. The predicted octanol–water partition coefficient (Wildman–Crippen LogP) is 1.16. The van der Waals surface area contributed by atoms with Crippen LogP contribution in [0.15, 0.2) is 61.2 Å². The number of hydrogen-bond donors (Lipinski definition) is 4. The number of para-hydroxylation sites is 1. The summed E-state index contributed by atoms with van der Waals surface area (Å²) in [6, 6.07) is 13.0. The first-order valence-electron chi connectivity index (χ1n) is 7.19. The minimum atomic E-state index is -4.98. The molecule has 0 fully saturated rings. The summed E-state index contributed by atoms with van der Waals surface area (Å²) in [5, 5.41) is 11.6. The number of hydrogen-bond acceptors (Lipinski definition) is 4. The van der Waals surface area contributed by atoms with E-state index < -0.39 is 20.1 Å². The fraction of sp³-hybridized carbons (Fsp3) is 0.118. The summed E-state index contributed by atoms with van der Waals surface area (Å²) in [5.41, 5.74) is -0.00951. The fourth-order valence-corrected chi connectivity index (χ4v) is 2.85. The van der Waals surface area contributed by atoms with Crippen molar-refractivity contribution in [1.29, 1.82) is 0 Å². The number of anilines is 1. The monoisotopic (exact) mass is 409 g/mol. The molecule has 2 aromatic carbocycles. The van der Waals surface area contributed by atoms with Gasteiger partial charge in [0.25, 0.3) is 0 Å². The Morgan fingerprint density at radius 2 is 1.88 bits per heavy atom. The molecule has 2 aromatic rings. The van der Waals surface area contributed by atoms with Crippen molar-refractivity contribution in [3.63, 3.8) is 0 Å². The Morgan fingerprint density at radius 1 is 1.24 bits per heavy atom. The second-order valence-electron chi connectivity index (χ2n) is 4.84. The third-order valence-electron chi connectivity index (χ3n) is 2.74. The van der Waals surface area contributed by atoms with Crippen LogP contribution in [-0.2, 0) is 8.53 Å². The van der Waals surface area contributed by atoms with Crippen LogP contribution >= 0.6 is 0 Å². The molecule has 0 unspecified atom stereocenters. The van der Waals surface area contributed by atoms with Crippen LogP contribution in [0, 0.1) is 0 Å². The number of nitrogens with one attached hydrogen (secondary N) is 1. The van der Waals surface area contributed by atoms with Gasteiger partial charge in [-0.2, -0.15) is 0 Å². The average Bonchev–Trinajstić information content (AvgIpc) is 2.55. The second-order valence-corrected chi connectivity index (χ2v) is 8.21. The summed E-state index contributed by atoms with van der Waals surface area (Å²) in [6.07, 6.45) is 1.73. The number of phenolic OH excluding ortho intramolecular Hbond substituents is 1. The van der Waals surface area contributed by atoms with Crippen molar-refractivity contribution in [2.45, 2.75) is 6.92 Å². The molecular formula is C17H20AsNO6. The van der Waals surface area contributed by atoms with Crippen molar-refractivity contribution in [3.8, 4) is 11.5 Å². The molecule has 1 amide bonds. The van der Waals surface area contributed by atoms with Crippen molar-refractivity contribution in [2.24, 2.45) is 0 Å². The summed E-state index contributed by atoms with van der Waals surface area (Å²) in [4.78, 5) is 10.7.